The van der Waals surface area contributed by atoms with Gasteiger partial charge in [-0.25, -0.2) is 0 Å². The third-order valence-corrected chi connectivity index (χ3v) is 6.62. The van der Waals surface area contributed by atoms with Gasteiger partial charge in [-0.2, -0.15) is 0 Å². The molecule has 2 aliphatic heterocycles. The van der Waals surface area contributed by atoms with Gasteiger partial charge < -0.3 is 14.9 Å². The summed E-state index contributed by atoms with van der Waals surface area (Å²) in [6.45, 7) is 5.23. The van der Waals surface area contributed by atoms with Crippen LogP contribution >= 0.6 is 0 Å². The van der Waals surface area contributed by atoms with Gasteiger partial charge in [0.15, 0.2) is 11.5 Å². The number of nitrogens with one attached hydrogen (secondary N) is 1. The van der Waals surface area contributed by atoms with E-state index in [1.807, 2.05) is 6.07 Å². The van der Waals surface area contributed by atoms with Crippen LogP contribution in [0.1, 0.15) is 37.9 Å². The third-order valence-electron chi connectivity index (χ3n) is 6.62. The summed E-state index contributed by atoms with van der Waals surface area (Å²) in [6.07, 6.45) is 0.00255. The molecule has 4 unspecified atom stereocenters. The SMILES string of the molecule is COc1cccc(C2NC(Cc3ccccc3)(C(=O)O)C3C(=O)N(C(C)(C)C)C(=O)C23)c1O. The van der Waals surface area contributed by atoms with E-state index >= 15 is 0 Å². The van der Waals surface area contributed by atoms with Crippen molar-refractivity contribution < 1.29 is 29.3 Å². The zero-order valence-electron chi connectivity index (χ0n) is 19.0. The van der Waals surface area contributed by atoms with Crippen LogP contribution in [-0.2, 0) is 20.8 Å². The number of likely N-dealkylation sites (tertiary alicyclic amines) is 1. The minimum atomic E-state index is -1.74. The molecule has 2 aromatic rings. The Labute approximate surface area is 192 Å². The number of aromatic hydroxyl groups is 1. The summed E-state index contributed by atoms with van der Waals surface area (Å²) in [5.74, 6) is -4.31. The predicted octanol–water partition coefficient (Wildman–Crippen LogP) is 2.51. The lowest BCUT2D eigenvalue weighted by Gasteiger charge is -2.35. The number of carboxylic acids is 1. The molecule has 0 saturated carbocycles. The van der Waals surface area contributed by atoms with Crippen molar-refractivity contribution in [2.45, 2.75) is 44.3 Å². The van der Waals surface area contributed by atoms with E-state index in [4.69, 9.17) is 4.74 Å². The van der Waals surface area contributed by atoms with Crippen molar-refractivity contribution >= 4 is 17.8 Å². The van der Waals surface area contributed by atoms with Crippen LogP contribution in [0.3, 0.4) is 0 Å². The molecule has 0 aromatic heterocycles. The number of imide groups is 1. The average molecular weight is 453 g/mol. The monoisotopic (exact) mass is 452 g/mol. The number of benzene rings is 2. The summed E-state index contributed by atoms with van der Waals surface area (Å²) < 4.78 is 5.22. The molecule has 174 valence electrons. The number of hydrogen-bond acceptors (Lipinski definition) is 6. The maximum Gasteiger partial charge on any atom is 0.325 e. The molecule has 4 atom stereocenters. The van der Waals surface area contributed by atoms with Crippen molar-refractivity contribution in [3.05, 3.63) is 59.7 Å². The standard InChI is InChI=1S/C25H28N2O6/c1-24(2,3)27-21(29)17-18(22(27)30)25(23(31)32,13-14-9-6-5-7-10-14)26-19(17)15-11-8-12-16(33-4)20(15)28/h5-12,17-19,26,28H,13H2,1-4H3,(H,31,32). The molecule has 3 N–H and O–H groups in total. The predicted molar refractivity (Wildman–Crippen MR) is 120 cm³/mol. The third kappa shape index (κ3) is 3.45. The molecule has 0 bridgehead atoms. The highest BCUT2D eigenvalue weighted by atomic mass is 16.5. The van der Waals surface area contributed by atoms with Crippen LogP contribution in [0.2, 0.25) is 0 Å². The number of para-hydroxylation sites is 1. The normalized spacial score (nSPS) is 27.0. The highest BCUT2D eigenvalue weighted by molar-refractivity contribution is 6.10. The Hall–Kier alpha value is -3.39. The van der Waals surface area contributed by atoms with E-state index in [1.54, 1.807) is 63.2 Å². The van der Waals surface area contributed by atoms with Crippen molar-refractivity contribution in [3.63, 3.8) is 0 Å². The zero-order valence-corrected chi connectivity index (χ0v) is 19.0. The highest BCUT2D eigenvalue weighted by Crippen LogP contribution is 2.53. The summed E-state index contributed by atoms with van der Waals surface area (Å²) in [5.41, 5.74) is -1.52. The number of methoxy groups -OCH3 is 1. The van der Waals surface area contributed by atoms with Gasteiger partial charge in [-0.1, -0.05) is 42.5 Å². The minimum absolute atomic E-state index is 0.00255. The summed E-state index contributed by atoms with van der Waals surface area (Å²) in [4.78, 5) is 41.3. The first-order chi connectivity index (χ1) is 15.5. The lowest BCUT2D eigenvalue weighted by atomic mass is 9.76. The second-order valence-corrected chi connectivity index (χ2v) is 9.65. The topological polar surface area (TPSA) is 116 Å². The molecular weight excluding hydrogens is 424 g/mol. The van der Waals surface area contributed by atoms with Crippen LogP contribution in [-0.4, -0.2) is 51.1 Å². The molecule has 0 aliphatic carbocycles. The first-order valence-corrected chi connectivity index (χ1v) is 10.8. The van der Waals surface area contributed by atoms with E-state index in [9.17, 15) is 24.6 Å². The molecule has 33 heavy (non-hydrogen) atoms. The summed E-state index contributed by atoms with van der Waals surface area (Å²) in [5, 5.41) is 24.4. The van der Waals surface area contributed by atoms with Crippen molar-refractivity contribution in [2.75, 3.05) is 7.11 Å². The molecule has 2 fully saturated rings. The first kappa shape index (κ1) is 22.8. The second-order valence-electron chi connectivity index (χ2n) is 9.65. The van der Waals surface area contributed by atoms with Gasteiger partial charge in [-0.15, -0.1) is 0 Å². The number of fused-ring (bicyclic) bond motifs is 1. The number of nitrogens with zero attached hydrogens (tertiary/aromatic N) is 1. The number of phenols is 1. The molecular formula is C25H28N2O6. The number of carbonyl (C=O) groups excluding carboxylic acids is 2. The Kier molecular flexibility index (Phi) is 5.44. The molecule has 8 heteroatoms. The molecule has 2 heterocycles. The Morgan fingerprint density at radius 3 is 2.33 bits per heavy atom. The van der Waals surface area contributed by atoms with Crippen molar-refractivity contribution in [2.24, 2.45) is 11.8 Å². The van der Waals surface area contributed by atoms with Gasteiger partial charge >= 0.3 is 5.97 Å². The van der Waals surface area contributed by atoms with E-state index in [0.29, 0.717) is 5.56 Å². The van der Waals surface area contributed by atoms with Crippen molar-refractivity contribution in [1.82, 2.24) is 10.2 Å². The van der Waals surface area contributed by atoms with Gasteiger partial charge in [0.2, 0.25) is 11.8 Å². The Bertz CT molecular complexity index is 1110. The van der Waals surface area contributed by atoms with Crippen LogP contribution in [0.15, 0.2) is 48.5 Å². The smallest absolute Gasteiger partial charge is 0.325 e. The number of rotatable bonds is 5. The van der Waals surface area contributed by atoms with Gasteiger partial charge in [0.25, 0.3) is 0 Å². The summed E-state index contributed by atoms with van der Waals surface area (Å²) >= 11 is 0. The number of hydrogen-bond donors (Lipinski definition) is 3. The van der Waals surface area contributed by atoms with Crippen LogP contribution in [0.4, 0.5) is 0 Å². The number of carbonyl (C=O) groups is 3. The van der Waals surface area contributed by atoms with Crippen molar-refractivity contribution in [1.29, 1.82) is 0 Å². The van der Waals surface area contributed by atoms with Crippen LogP contribution in [0, 0.1) is 11.8 Å². The number of aliphatic carboxylic acids is 1. The lowest BCUT2D eigenvalue weighted by Crippen LogP contribution is -2.58. The fourth-order valence-electron chi connectivity index (χ4n) is 5.24. The number of phenolic OH excluding ortho intramolecular Hbond substituents is 1. The van der Waals surface area contributed by atoms with Gasteiger partial charge in [0.1, 0.15) is 5.54 Å². The molecule has 2 aliphatic rings. The van der Waals surface area contributed by atoms with Gasteiger partial charge in [-0.05, 0) is 32.4 Å². The number of carboxylic acid groups (broad SMARTS) is 1. The largest absolute Gasteiger partial charge is 0.504 e. The van der Waals surface area contributed by atoms with E-state index in [-0.39, 0.29) is 17.9 Å². The number of amides is 2. The van der Waals surface area contributed by atoms with E-state index < -0.39 is 46.7 Å². The molecule has 0 spiro atoms. The lowest BCUT2D eigenvalue weighted by molar-refractivity contribution is -0.153. The molecule has 8 nitrogen and oxygen atoms in total. The molecule has 2 aromatic carbocycles. The van der Waals surface area contributed by atoms with E-state index in [2.05, 4.69) is 5.32 Å². The fourth-order valence-corrected chi connectivity index (χ4v) is 5.24. The zero-order chi connectivity index (χ0) is 24.1. The van der Waals surface area contributed by atoms with Crippen LogP contribution in [0.5, 0.6) is 11.5 Å². The van der Waals surface area contributed by atoms with Gasteiger partial charge in [0.05, 0.1) is 18.9 Å². The fraction of sp³-hybridized carbons (Fsp3) is 0.400. The second kappa shape index (κ2) is 7.88. The highest BCUT2D eigenvalue weighted by Gasteiger charge is 2.69. The van der Waals surface area contributed by atoms with Gasteiger partial charge in [-0.3, -0.25) is 24.6 Å². The Morgan fingerprint density at radius 1 is 1.09 bits per heavy atom. The molecule has 0 radical (unpaired) electrons. The van der Waals surface area contributed by atoms with Crippen LogP contribution in [0.25, 0.3) is 0 Å². The van der Waals surface area contributed by atoms with Crippen LogP contribution < -0.4 is 10.1 Å². The summed E-state index contributed by atoms with van der Waals surface area (Å²) in [6, 6.07) is 13.0. The van der Waals surface area contributed by atoms with E-state index in [1.165, 1.54) is 12.0 Å². The minimum Gasteiger partial charge on any atom is -0.504 e. The number of ether oxygens (including phenoxy) is 1. The van der Waals surface area contributed by atoms with Gasteiger partial charge in [0, 0.05) is 23.6 Å². The quantitative estimate of drug-likeness (QED) is 0.597. The average Bonchev–Trinajstić information content (AvgIpc) is 3.23. The van der Waals surface area contributed by atoms with E-state index in [0.717, 1.165) is 5.56 Å². The molecule has 2 saturated heterocycles. The maximum absolute atomic E-state index is 13.7. The Balaban J connectivity index is 1.91. The first-order valence-electron chi connectivity index (χ1n) is 10.8. The van der Waals surface area contributed by atoms with Crippen molar-refractivity contribution in [3.8, 4) is 11.5 Å². The molecule has 4 rings (SSSR count). The molecule has 2 amide bonds. The maximum atomic E-state index is 13.7. The summed E-state index contributed by atoms with van der Waals surface area (Å²) in [7, 11) is 1.41. The Morgan fingerprint density at radius 2 is 1.76 bits per heavy atom.